The van der Waals surface area contributed by atoms with Crippen LogP contribution in [0.4, 0.5) is 0 Å². The van der Waals surface area contributed by atoms with Crippen LogP contribution in [0.5, 0.6) is 5.75 Å². The molecule has 0 amide bonds. The van der Waals surface area contributed by atoms with Crippen LogP contribution in [0.3, 0.4) is 0 Å². The molecule has 0 saturated carbocycles. The van der Waals surface area contributed by atoms with E-state index >= 15 is 0 Å². The lowest BCUT2D eigenvalue weighted by molar-refractivity contribution is 0.306. The minimum absolute atomic E-state index is 0.475. The molecule has 5 heteroatoms. The summed E-state index contributed by atoms with van der Waals surface area (Å²) in [4.78, 5) is 1.18. The zero-order valence-corrected chi connectivity index (χ0v) is 12.9. The number of hydrogen-bond donors (Lipinski definition) is 1. The largest absolute Gasteiger partial charge is 0.488 e. The fourth-order valence-corrected chi connectivity index (χ4v) is 3.20. The molecule has 2 nitrogen and oxygen atoms in total. The van der Waals surface area contributed by atoms with Crippen molar-refractivity contribution in [3.63, 3.8) is 0 Å². The summed E-state index contributed by atoms with van der Waals surface area (Å²) in [6.45, 7) is 1.05. The second-order valence-corrected chi connectivity index (χ2v) is 6.30. The monoisotopic (exact) mass is 375 g/mol. The molecular formula is C12H11Br2NOS. The Morgan fingerprint density at radius 2 is 2.00 bits per heavy atom. The van der Waals surface area contributed by atoms with Crippen LogP contribution in [-0.2, 0) is 13.2 Å². The van der Waals surface area contributed by atoms with Gasteiger partial charge in [0.05, 0.1) is 0 Å². The molecule has 17 heavy (non-hydrogen) atoms. The Hall–Kier alpha value is -0.360. The fourth-order valence-electron chi connectivity index (χ4n) is 1.43. The van der Waals surface area contributed by atoms with Crippen molar-refractivity contribution in [3.05, 3.63) is 49.0 Å². The van der Waals surface area contributed by atoms with E-state index in [-0.39, 0.29) is 0 Å². The number of thiophene rings is 1. The molecule has 1 heterocycles. The van der Waals surface area contributed by atoms with E-state index in [0.29, 0.717) is 13.2 Å². The molecule has 0 unspecified atom stereocenters. The van der Waals surface area contributed by atoms with Gasteiger partial charge in [0.1, 0.15) is 12.4 Å². The number of rotatable bonds is 4. The van der Waals surface area contributed by atoms with Gasteiger partial charge in [0, 0.05) is 31.3 Å². The molecule has 0 aliphatic carbocycles. The second-order valence-electron chi connectivity index (χ2n) is 3.48. The van der Waals surface area contributed by atoms with E-state index in [1.807, 2.05) is 23.6 Å². The van der Waals surface area contributed by atoms with Crippen molar-refractivity contribution in [3.8, 4) is 5.75 Å². The molecule has 2 rings (SSSR count). The number of halogens is 2. The lowest BCUT2D eigenvalue weighted by Gasteiger charge is -2.09. The Bertz CT molecular complexity index is 513. The smallest absolute Gasteiger partial charge is 0.124 e. The average molecular weight is 377 g/mol. The van der Waals surface area contributed by atoms with Crippen LogP contribution in [0, 0.1) is 0 Å². The standard InChI is InChI=1S/C12H11Br2NOS/c13-9-1-2-12(8(3-9)5-15)16-6-11-4-10(14)7-17-11/h1-4,7H,5-6,15H2. The number of nitrogens with two attached hydrogens (primary N) is 1. The highest BCUT2D eigenvalue weighted by molar-refractivity contribution is 9.10. The normalized spacial score (nSPS) is 10.5. The van der Waals surface area contributed by atoms with Crippen LogP contribution in [-0.4, -0.2) is 0 Å². The third-order valence-corrected chi connectivity index (χ3v) is 4.40. The first kappa shape index (κ1) is 13.1. The fraction of sp³-hybridized carbons (Fsp3) is 0.167. The van der Waals surface area contributed by atoms with Gasteiger partial charge in [-0.3, -0.25) is 0 Å². The molecule has 0 spiro atoms. The zero-order valence-electron chi connectivity index (χ0n) is 8.95. The Balaban J connectivity index is 2.08. The van der Waals surface area contributed by atoms with Gasteiger partial charge in [0.25, 0.3) is 0 Å². The average Bonchev–Trinajstić information content (AvgIpc) is 2.73. The van der Waals surface area contributed by atoms with Crippen LogP contribution >= 0.6 is 43.2 Å². The zero-order chi connectivity index (χ0) is 12.3. The first-order valence-corrected chi connectivity index (χ1v) is 7.50. The molecule has 0 aliphatic heterocycles. The Morgan fingerprint density at radius 1 is 1.18 bits per heavy atom. The maximum atomic E-state index is 5.77. The topological polar surface area (TPSA) is 35.2 Å². The van der Waals surface area contributed by atoms with Gasteiger partial charge in [-0.05, 0) is 40.2 Å². The lowest BCUT2D eigenvalue weighted by Crippen LogP contribution is -2.02. The molecule has 90 valence electrons. The summed E-state index contributed by atoms with van der Waals surface area (Å²) < 4.78 is 7.88. The van der Waals surface area contributed by atoms with Crippen LogP contribution in [0.2, 0.25) is 0 Å². The van der Waals surface area contributed by atoms with Crippen molar-refractivity contribution in [2.45, 2.75) is 13.2 Å². The van der Waals surface area contributed by atoms with Crippen LogP contribution in [0.1, 0.15) is 10.4 Å². The molecule has 0 aliphatic rings. The number of benzene rings is 1. The molecule has 0 atom stereocenters. The van der Waals surface area contributed by atoms with Crippen molar-refractivity contribution < 1.29 is 4.74 Å². The molecule has 0 radical (unpaired) electrons. The first-order valence-electron chi connectivity index (χ1n) is 5.03. The van der Waals surface area contributed by atoms with E-state index in [2.05, 4.69) is 37.9 Å². The van der Waals surface area contributed by atoms with Crippen molar-refractivity contribution >= 4 is 43.2 Å². The first-order chi connectivity index (χ1) is 8.19. The summed E-state index contributed by atoms with van der Waals surface area (Å²) >= 11 is 8.52. The minimum atomic E-state index is 0.475. The quantitative estimate of drug-likeness (QED) is 0.862. The molecule has 2 N–H and O–H groups in total. The molecule has 1 aromatic carbocycles. The molecule has 0 saturated heterocycles. The molecule has 0 fully saturated rings. The summed E-state index contributed by atoms with van der Waals surface area (Å²) in [5.41, 5.74) is 6.70. The molecule has 0 bridgehead atoms. The van der Waals surface area contributed by atoms with Crippen molar-refractivity contribution in [2.24, 2.45) is 5.73 Å². The molecule has 2 aromatic rings. The van der Waals surface area contributed by atoms with E-state index in [1.165, 1.54) is 4.88 Å². The van der Waals surface area contributed by atoms with E-state index in [4.69, 9.17) is 10.5 Å². The Kier molecular flexibility index (Phi) is 4.62. The van der Waals surface area contributed by atoms with E-state index in [0.717, 1.165) is 20.3 Å². The van der Waals surface area contributed by atoms with Crippen LogP contribution in [0.15, 0.2) is 38.6 Å². The summed E-state index contributed by atoms with van der Waals surface area (Å²) in [6, 6.07) is 7.94. The van der Waals surface area contributed by atoms with Gasteiger partial charge in [-0.1, -0.05) is 15.9 Å². The maximum absolute atomic E-state index is 5.77. The van der Waals surface area contributed by atoms with Crippen molar-refractivity contribution in [1.82, 2.24) is 0 Å². The lowest BCUT2D eigenvalue weighted by atomic mass is 10.2. The van der Waals surface area contributed by atoms with Crippen LogP contribution in [0.25, 0.3) is 0 Å². The summed E-state index contributed by atoms with van der Waals surface area (Å²) in [7, 11) is 0. The second kappa shape index (κ2) is 6.00. The summed E-state index contributed by atoms with van der Waals surface area (Å²) in [5, 5.41) is 2.05. The van der Waals surface area contributed by atoms with Gasteiger partial charge in [-0.15, -0.1) is 11.3 Å². The predicted molar refractivity (Wildman–Crippen MR) is 78.4 cm³/mol. The Morgan fingerprint density at radius 3 is 2.65 bits per heavy atom. The van der Waals surface area contributed by atoms with Gasteiger partial charge in [-0.2, -0.15) is 0 Å². The minimum Gasteiger partial charge on any atom is -0.488 e. The summed E-state index contributed by atoms with van der Waals surface area (Å²) in [6.07, 6.45) is 0. The Labute approximate surface area is 121 Å². The van der Waals surface area contributed by atoms with Crippen molar-refractivity contribution in [1.29, 1.82) is 0 Å². The van der Waals surface area contributed by atoms with Crippen LogP contribution < -0.4 is 10.5 Å². The highest BCUT2D eigenvalue weighted by Gasteiger charge is 2.04. The maximum Gasteiger partial charge on any atom is 0.124 e. The van der Waals surface area contributed by atoms with Gasteiger partial charge >= 0.3 is 0 Å². The van der Waals surface area contributed by atoms with E-state index < -0.39 is 0 Å². The predicted octanol–water partition coefficient (Wildman–Crippen LogP) is 4.31. The number of ether oxygens (including phenoxy) is 1. The van der Waals surface area contributed by atoms with Crippen molar-refractivity contribution in [2.75, 3.05) is 0 Å². The molecular weight excluding hydrogens is 366 g/mol. The SMILES string of the molecule is NCc1cc(Br)ccc1OCc1cc(Br)cs1. The highest BCUT2D eigenvalue weighted by Crippen LogP contribution is 2.25. The van der Waals surface area contributed by atoms with Gasteiger partial charge in [-0.25, -0.2) is 0 Å². The number of hydrogen-bond acceptors (Lipinski definition) is 3. The molecule has 1 aromatic heterocycles. The van der Waals surface area contributed by atoms with E-state index in [9.17, 15) is 0 Å². The van der Waals surface area contributed by atoms with Gasteiger partial charge < -0.3 is 10.5 Å². The summed E-state index contributed by atoms with van der Waals surface area (Å²) in [5.74, 6) is 0.847. The highest BCUT2D eigenvalue weighted by atomic mass is 79.9. The third-order valence-electron chi connectivity index (χ3n) is 2.23. The van der Waals surface area contributed by atoms with Gasteiger partial charge in [0.15, 0.2) is 0 Å². The van der Waals surface area contributed by atoms with E-state index in [1.54, 1.807) is 11.3 Å². The third kappa shape index (κ3) is 3.55. The van der Waals surface area contributed by atoms with Gasteiger partial charge in [0.2, 0.25) is 0 Å².